The van der Waals surface area contributed by atoms with E-state index < -0.39 is 30.7 Å². The average molecular weight is 316 g/mol. The van der Waals surface area contributed by atoms with Crippen molar-refractivity contribution in [3.8, 4) is 11.3 Å². The zero-order valence-electron chi connectivity index (χ0n) is 10.5. The van der Waals surface area contributed by atoms with E-state index in [1.807, 2.05) is 0 Å². The molecule has 9 heteroatoms. The minimum Gasteiger partial charge on any atom is -0.394 e. The van der Waals surface area contributed by atoms with Crippen LogP contribution in [0.2, 0.25) is 0 Å². The summed E-state index contributed by atoms with van der Waals surface area (Å²) in [5.41, 5.74) is 4.63. The van der Waals surface area contributed by atoms with Crippen molar-refractivity contribution in [1.29, 1.82) is 0 Å². The Balaban J connectivity index is 2.53. The van der Waals surface area contributed by atoms with E-state index in [0.717, 1.165) is 4.57 Å². The number of anilines is 1. The van der Waals surface area contributed by atoms with Crippen LogP contribution in [-0.4, -0.2) is 38.6 Å². The van der Waals surface area contributed by atoms with Crippen LogP contribution in [0.15, 0.2) is 22.9 Å². The van der Waals surface area contributed by atoms with Gasteiger partial charge >= 0.3 is 5.69 Å². The molecule has 21 heavy (non-hydrogen) atoms. The van der Waals surface area contributed by atoms with Crippen LogP contribution in [0.3, 0.4) is 0 Å². The number of aliphatic hydroxyl groups is 2. The molecule has 1 aliphatic heterocycles. The quantitative estimate of drug-likeness (QED) is 0.633. The van der Waals surface area contributed by atoms with E-state index in [2.05, 4.69) is 16.3 Å². The van der Waals surface area contributed by atoms with Crippen molar-refractivity contribution in [3.63, 3.8) is 0 Å². The zero-order valence-corrected chi connectivity index (χ0v) is 11.3. The smallest absolute Gasteiger partial charge is 0.351 e. The molecule has 112 valence electrons. The second-order valence-electron chi connectivity index (χ2n) is 4.21. The summed E-state index contributed by atoms with van der Waals surface area (Å²) in [4.78, 5) is 15.4. The lowest BCUT2D eigenvalue weighted by Gasteiger charge is -2.15. The Labute approximate surface area is 123 Å². The molecular formula is C12H11ClFN3O4. The Morgan fingerprint density at radius 2 is 2.38 bits per heavy atom. The van der Waals surface area contributed by atoms with E-state index in [1.165, 1.54) is 6.20 Å². The summed E-state index contributed by atoms with van der Waals surface area (Å²) in [5, 5.41) is 20.9. The van der Waals surface area contributed by atoms with Gasteiger partial charge < -0.3 is 20.7 Å². The summed E-state index contributed by atoms with van der Waals surface area (Å²) in [7, 11) is 0. The van der Waals surface area contributed by atoms with E-state index in [4.69, 9.17) is 27.2 Å². The lowest BCUT2D eigenvalue weighted by molar-refractivity contribution is -0.0447. The second-order valence-corrected chi connectivity index (χ2v) is 4.40. The summed E-state index contributed by atoms with van der Waals surface area (Å²) in [6, 6.07) is 0. The topological polar surface area (TPSA) is 111 Å². The maximum Gasteiger partial charge on any atom is 0.351 e. The van der Waals surface area contributed by atoms with Crippen LogP contribution < -0.4 is 11.4 Å². The number of nitrogens with two attached hydrogens (primary N) is 1. The van der Waals surface area contributed by atoms with Gasteiger partial charge in [-0.15, -0.1) is 0 Å². The fourth-order valence-corrected chi connectivity index (χ4v) is 2.07. The molecule has 2 rings (SSSR count). The fraction of sp³-hybridized carbons (Fsp3) is 0.333. The lowest BCUT2D eigenvalue weighted by Crippen LogP contribution is -2.29. The molecule has 0 bridgehead atoms. The third-order valence-corrected chi connectivity index (χ3v) is 3.10. The predicted molar refractivity (Wildman–Crippen MR) is 71.8 cm³/mol. The third-order valence-electron chi connectivity index (χ3n) is 3.00. The summed E-state index contributed by atoms with van der Waals surface area (Å²) < 4.78 is 19.1. The normalized spacial score (nSPS) is 26.7. The highest BCUT2D eigenvalue weighted by Gasteiger charge is 2.40. The maximum atomic E-state index is 13.0. The number of ether oxygens (including phenoxy) is 1. The van der Waals surface area contributed by atoms with Gasteiger partial charge in [-0.3, -0.25) is 4.57 Å². The Kier molecular flexibility index (Phi) is 4.59. The molecule has 0 amide bonds. The van der Waals surface area contributed by atoms with Gasteiger partial charge in [0, 0.05) is 17.1 Å². The van der Waals surface area contributed by atoms with Gasteiger partial charge in [0.2, 0.25) is 0 Å². The van der Waals surface area contributed by atoms with Crippen molar-refractivity contribution in [2.75, 3.05) is 12.3 Å². The lowest BCUT2D eigenvalue weighted by atomic mass is 10.1. The van der Waals surface area contributed by atoms with Gasteiger partial charge in [-0.1, -0.05) is 0 Å². The fourth-order valence-electron chi connectivity index (χ4n) is 1.96. The number of rotatable bonds is 2. The second kappa shape index (κ2) is 6.24. The molecule has 2 heterocycles. The molecule has 1 aromatic rings. The summed E-state index contributed by atoms with van der Waals surface area (Å²) in [5.74, 6) is 2.29. The minimum atomic E-state index is -1.38. The largest absolute Gasteiger partial charge is 0.394 e. The molecule has 0 saturated carbocycles. The molecule has 0 radical (unpaired) electrons. The third kappa shape index (κ3) is 2.77. The highest BCUT2D eigenvalue weighted by Crippen LogP contribution is 2.33. The molecule has 1 fully saturated rings. The van der Waals surface area contributed by atoms with Crippen LogP contribution >= 0.6 is 11.6 Å². The molecule has 3 atom stereocenters. The van der Waals surface area contributed by atoms with Crippen LogP contribution in [0.25, 0.3) is 0 Å². The van der Waals surface area contributed by atoms with Gasteiger partial charge in [0.15, 0.2) is 6.23 Å². The van der Waals surface area contributed by atoms with E-state index in [1.54, 1.807) is 0 Å². The van der Waals surface area contributed by atoms with Crippen LogP contribution in [-0.2, 0) is 4.74 Å². The van der Waals surface area contributed by atoms with Gasteiger partial charge in [0.05, 0.1) is 18.5 Å². The van der Waals surface area contributed by atoms with Crippen molar-refractivity contribution in [2.45, 2.75) is 18.4 Å². The predicted octanol–water partition coefficient (Wildman–Crippen LogP) is -0.523. The van der Waals surface area contributed by atoms with Crippen LogP contribution in [0.4, 0.5) is 10.2 Å². The van der Waals surface area contributed by atoms with Crippen LogP contribution in [0, 0.1) is 11.3 Å². The maximum absolute atomic E-state index is 13.0. The molecule has 1 saturated heterocycles. The number of nitrogen functional groups attached to an aromatic ring is 1. The number of halogens is 2. The van der Waals surface area contributed by atoms with Crippen molar-refractivity contribution in [2.24, 2.45) is 0 Å². The SMILES string of the molecule is Nc1nc(=O)n(C2OC(CO)C(O)/C2=C\F)cc1C#CCl. The first kappa shape index (κ1) is 15.5. The Morgan fingerprint density at radius 3 is 2.95 bits per heavy atom. The van der Waals surface area contributed by atoms with Gasteiger partial charge in [0.25, 0.3) is 0 Å². The summed E-state index contributed by atoms with van der Waals surface area (Å²) in [6.45, 7) is -0.541. The molecule has 0 aliphatic carbocycles. The Bertz CT molecular complexity index is 694. The Morgan fingerprint density at radius 1 is 1.67 bits per heavy atom. The molecule has 0 spiro atoms. The molecule has 3 unspecified atom stereocenters. The summed E-state index contributed by atoms with van der Waals surface area (Å²) >= 11 is 5.28. The van der Waals surface area contributed by atoms with Crippen molar-refractivity contribution in [1.82, 2.24) is 9.55 Å². The molecule has 4 N–H and O–H groups in total. The first-order valence-corrected chi connectivity index (χ1v) is 6.16. The average Bonchev–Trinajstić information content (AvgIpc) is 2.78. The van der Waals surface area contributed by atoms with Crippen LogP contribution in [0.5, 0.6) is 0 Å². The van der Waals surface area contributed by atoms with Gasteiger partial charge in [-0.2, -0.15) is 4.98 Å². The highest BCUT2D eigenvalue weighted by molar-refractivity contribution is 6.30. The zero-order chi connectivity index (χ0) is 15.6. The van der Waals surface area contributed by atoms with Gasteiger partial charge in [-0.25, -0.2) is 9.18 Å². The number of aliphatic hydroxyl groups excluding tert-OH is 2. The minimum absolute atomic E-state index is 0.126. The molecular weight excluding hydrogens is 305 g/mol. The summed E-state index contributed by atoms with van der Waals surface area (Å²) in [6.07, 6.45) is -2.36. The highest BCUT2D eigenvalue weighted by atomic mass is 35.5. The molecule has 0 aromatic carbocycles. The Hall–Kier alpha value is -1.92. The van der Waals surface area contributed by atoms with E-state index in [9.17, 15) is 14.3 Å². The van der Waals surface area contributed by atoms with Crippen LogP contribution in [0.1, 0.15) is 11.8 Å². The van der Waals surface area contributed by atoms with Crippen molar-refractivity contribution in [3.05, 3.63) is 34.1 Å². The molecule has 1 aliphatic rings. The van der Waals surface area contributed by atoms with Gasteiger partial charge in [0.1, 0.15) is 18.0 Å². The number of hydrogen-bond donors (Lipinski definition) is 3. The van der Waals surface area contributed by atoms with E-state index in [-0.39, 0.29) is 23.3 Å². The number of hydrogen-bond acceptors (Lipinski definition) is 6. The number of nitrogens with zero attached hydrogens (tertiary/aromatic N) is 2. The van der Waals surface area contributed by atoms with E-state index >= 15 is 0 Å². The molecule has 7 nitrogen and oxygen atoms in total. The number of aromatic nitrogens is 2. The van der Waals surface area contributed by atoms with Crippen molar-refractivity contribution < 1.29 is 19.3 Å². The van der Waals surface area contributed by atoms with Gasteiger partial charge in [-0.05, 0) is 17.5 Å². The standard InChI is InChI=1S/C12H11ClFN3O4/c13-2-1-6-4-17(12(20)16-10(6)15)11-7(3-14)9(19)8(5-18)21-11/h3-4,8-9,11,18-19H,5H2,(H2,15,16,20)/b7-3+. The first-order chi connectivity index (χ1) is 10.0. The monoisotopic (exact) mass is 315 g/mol. The first-order valence-electron chi connectivity index (χ1n) is 5.78. The van der Waals surface area contributed by atoms with E-state index in [0.29, 0.717) is 0 Å². The molecule has 1 aromatic heterocycles. The van der Waals surface area contributed by atoms with Crippen molar-refractivity contribution >= 4 is 17.4 Å².